The highest BCUT2D eigenvalue weighted by Gasteiger charge is 2.22. The number of hydrogen-bond acceptors (Lipinski definition) is 4. The molecule has 4 rings (SSSR count). The molecule has 162 valence electrons. The zero-order valence-corrected chi connectivity index (χ0v) is 18.5. The fraction of sp³-hybridized carbons (Fsp3) is 0.385. The van der Waals surface area contributed by atoms with Crippen LogP contribution in [0.4, 0.5) is 11.5 Å². The van der Waals surface area contributed by atoms with Gasteiger partial charge in [0.1, 0.15) is 5.82 Å². The lowest BCUT2D eigenvalue weighted by molar-refractivity contribution is -0.120. The molecule has 1 amide bonds. The maximum atomic E-state index is 12.2. The molecule has 0 bridgehead atoms. The van der Waals surface area contributed by atoms with Crippen LogP contribution in [-0.4, -0.2) is 37.6 Å². The van der Waals surface area contributed by atoms with E-state index in [1.165, 1.54) is 11.1 Å². The smallest absolute Gasteiger partial charge is 0.224 e. The summed E-state index contributed by atoms with van der Waals surface area (Å²) < 4.78 is 0. The normalized spacial score (nSPS) is 18.5. The SMILES string of the molecule is CN(C)c1cc(NC2CCC(CNC(=O)Cc3ccccc3)CC2)nc2ccccc12. The molecular formula is C26H32N4O. The fourth-order valence-electron chi connectivity index (χ4n) is 4.42. The summed E-state index contributed by atoms with van der Waals surface area (Å²) in [5.74, 6) is 1.62. The number of fused-ring (bicyclic) bond motifs is 1. The lowest BCUT2D eigenvalue weighted by Crippen LogP contribution is -2.34. The average molecular weight is 417 g/mol. The summed E-state index contributed by atoms with van der Waals surface area (Å²) in [6.07, 6.45) is 4.91. The molecule has 2 aromatic carbocycles. The molecule has 0 radical (unpaired) electrons. The molecule has 1 aliphatic carbocycles. The number of rotatable bonds is 7. The van der Waals surface area contributed by atoms with E-state index in [0.717, 1.165) is 49.1 Å². The molecule has 31 heavy (non-hydrogen) atoms. The van der Waals surface area contributed by atoms with Gasteiger partial charge in [-0.25, -0.2) is 4.98 Å². The van der Waals surface area contributed by atoms with Crippen molar-refractivity contribution in [3.8, 4) is 0 Å². The Kier molecular flexibility index (Phi) is 6.70. The van der Waals surface area contributed by atoms with Gasteiger partial charge in [-0.1, -0.05) is 48.5 Å². The molecule has 1 aromatic heterocycles. The monoisotopic (exact) mass is 416 g/mol. The molecule has 0 saturated heterocycles. The van der Waals surface area contributed by atoms with Crippen LogP contribution in [0.5, 0.6) is 0 Å². The minimum atomic E-state index is 0.114. The van der Waals surface area contributed by atoms with E-state index < -0.39 is 0 Å². The Morgan fingerprint density at radius 1 is 1.00 bits per heavy atom. The van der Waals surface area contributed by atoms with E-state index in [4.69, 9.17) is 4.98 Å². The molecule has 1 aliphatic rings. The van der Waals surface area contributed by atoms with Crippen molar-refractivity contribution in [2.24, 2.45) is 5.92 Å². The van der Waals surface area contributed by atoms with Crippen molar-refractivity contribution in [2.45, 2.75) is 38.1 Å². The first-order valence-electron chi connectivity index (χ1n) is 11.2. The summed E-state index contributed by atoms with van der Waals surface area (Å²) in [6, 6.07) is 20.8. The Balaban J connectivity index is 1.28. The number of amides is 1. The molecule has 0 aliphatic heterocycles. The van der Waals surface area contributed by atoms with Crippen LogP contribution in [0.1, 0.15) is 31.2 Å². The van der Waals surface area contributed by atoms with E-state index in [-0.39, 0.29) is 5.91 Å². The standard InChI is InChI=1S/C26H32N4O/c1-30(2)24-17-25(29-23-11-7-6-10-22(23)24)28-21-14-12-20(13-15-21)18-27-26(31)16-19-8-4-3-5-9-19/h3-11,17,20-21H,12-16,18H2,1-2H3,(H,27,31)(H,28,29). The van der Waals surface area contributed by atoms with Crippen LogP contribution >= 0.6 is 0 Å². The number of carbonyl (C=O) groups is 1. The number of aromatic nitrogens is 1. The summed E-state index contributed by atoms with van der Waals surface area (Å²) in [5.41, 5.74) is 3.27. The van der Waals surface area contributed by atoms with Gasteiger partial charge in [0.2, 0.25) is 5.91 Å². The third-order valence-corrected chi connectivity index (χ3v) is 6.17. The molecular weight excluding hydrogens is 384 g/mol. The number of nitrogens with zero attached hydrogens (tertiary/aromatic N) is 2. The minimum Gasteiger partial charge on any atom is -0.377 e. The number of nitrogens with one attached hydrogen (secondary N) is 2. The van der Waals surface area contributed by atoms with Crippen molar-refractivity contribution in [3.63, 3.8) is 0 Å². The van der Waals surface area contributed by atoms with Crippen molar-refractivity contribution in [1.82, 2.24) is 10.3 Å². The van der Waals surface area contributed by atoms with Crippen LogP contribution in [0.25, 0.3) is 10.9 Å². The Morgan fingerprint density at radius 3 is 2.45 bits per heavy atom. The van der Waals surface area contributed by atoms with E-state index in [1.807, 2.05) is 36.4 Å². The molecule has 3 aromatic rings. The number of carbonyl (C=O) groups excluding carboxylic acids is 1. The van der Waals surface area contributed by atoms with Crippen molar-refractivity contribution >= 4 is 28.3 Å². The molecule has 1 fully saturated rings. The number of anilines is 2. The van der Waals surface area contributed by atoms with Crippen molar-refractivity contribution in [2.75, 3.05) is 30.9 Å². The second-order valence-electron chi connectivity index (χ2n) is 8.77. The molecule has 0 unspecified atom stereocenters. The van der Waals surface area contributed by atoms with Gasteiger partial charge in [-0.3, -0.25) is 4.79 Å². The lowest BCUT2D eigenvalue weighted by atomic mass is 9.86. The van der Waals surface area contributed by atoms with E-state index in [1.54, 1.807) is 0 Å². The third kappa shape index (κ3) is 5.54. The molecule has 1 heterocycles. The molecule has 0 spiro atoms. The van der Waals surface area contributed by atoms with Gasteiger partial charge in [0.15, 0.2) is 0 Å². The molecule has 0 atom stereocenters. The molecule has 2 N–H and O–H groups in total. The van der Waals surface area contributed by atoms with Gasteiger partial charge in [-0.2, -0.15) is 0 Å². The van der Waals surface area contributed by atoms with Crippen LogP contribution in [0.3, 0.4) is 0 Å². The van der Waals surface area contributed by atoms with E-state index >= 15 is 0 Å². The maximum absolute atomic E-state index is 12.2. The van der Waals surface area contributed by atoms with E-state index in [9.17, 15) is 4.79 Å². The van der Waals surface area contributed by atoms with E-state index in [0.29, 0.717) is 18.4 Å². The first-order chi connectivity index (χ1) is 15.1. The summed E-state index contributed by atoms with van der Waals surface area (Å²) in [4.78, 5) is 19.2. The zero-order valence-electron chi connectivity index (χ0n) is 18.5. The van der Waals surface area contributed by atoms with Gasteiger partial charge in [0, 0.05) is 43.8 Å². The number of hydrogen-bond donors (Lipinski definition) is 2. The quantitative estimate of drug-likeness (QED) is 0.590. The van der Waals surface area contributed by atoms with Crippen molar-refractivity contribution in [1.29, 1.82) is 0 Å². The van der Waals surface area contributed by atoms with Gasteiger partial charge in [0.05, 0.1) is 11.9 Å². The van der Waals surface area contributed by atoms with Crippen molar-refractivity contribution < 1.29 is 4.79 Å². The number of pyridine rings is 1. The second kappa shape index (κ2) is 9.82. The van der Waals surface area contributed by atoms with E-state index in [2.05, 4.69) is 53.9 Å². The van der Waals surface area contributed by atoms with Crippen LogP contribution in [-0.2, 0) is 11.2 Å². The van der Waals surface area contributed by atoms with Gasteiger partial charge in [-0.05, 0) is 43.2 Å². The highest BCUT2D eigenvalue weighted by Crippen LogP contribution is 2.30. The average Bonchev–Trinajstić information content (AvgIpc) is 2.78. The summed E-state index contributed by atoms with van der Waals surface area (Å²) in [5, 5.41) is 7.96. The number of benzene rings is 2. The van der Waals surface area contributed by atoms with Gasteiger partial charge < -0.3 is 15.5 Å². The lowest BCUT2D eigenvalue weighted by Gasteiger charge is -2.30. The molecule has 5 nitrogen and oxygen atoms in total. The first-order valence-corrected chi connectivity index (χ1v) is 11.2. The van der Waals surface area contributed by atoms with Crippen LogP contribution in [0.15, 0.2) is 60.7 Å². The second-order valence-corrected chi connectivity index (χ2v) is 8.77. The van der Waals surface area contributed by atoms with Crippen molar-refractivity contribution in [3.05, 3.63) is 66.2 Å². The van der Waals surface area contributed by atoms with Gasteiger partial charge in [-0.15, -0.1) is 0 Å². The predicted molar refractivity (Wildman–Crippen MR) is 129 cm³/mol. The van der Waals surface area contributed by atoms with Crippen LogP contribution in [0.2, 0.25) is 0 Å². The summed E-state index contributed by atoms with van der Waals surface area (Å²) in [6.45, 7) is 0.775. The topological polar surface area (TPSA) is 57.3 Å². The Morgan fingerprint density at radius 2 is 1.71 bits per heavy atom. The fourth-order valence-corrected chi connectivity index (χ4v) is 4.42. The molecule has 5 heteroatoms. The third-order valence-electron chi connectivity index (χ3n) is 6.17. The first kappa shape index (κ1) is 21.2. The van der Waals surface area contributed by atoms with Crippen LogP contribution < -0.4 is 15.5 Å². The highest BCUT2D eigenvalue weighted by molar-refractivity contribution is 5.93. The van der Waals surface area contributed by atoms with Crippen LogP contribution in [0, 0.1) is 5.92 Å². The van der Waals surface area contributed by atoms with Gasteiger partial charge in [0.25, 0.3) is 0 Å². The Labute approximate surface area is 184 Å². The predicted octanol–water partition coefficient (Wildman–Crippen LogP) is 4.63. The number of para-hydroxylation sites is 1. The highest BCUT2D eigenvalue weighted by atomic mass is 16.1. The minimum absolute atomic E-state index is 0.114. The maximum Gasteiger partial charge on any atom is 0.224 e. The molecule has 1 saturated carbocycles. The Hall–Kier alpha value is -3.08. The summed E-state index contributed by atoms with van der Waals surface area (Å²) >= 11 is 0. The largest absolute Gasteiger partial charge is 0.377 e. The Bertz CT molecular complexity index is 1010. The van der Waals surface area contributed by atoms with Gasteiger partial charge >= 0.3 is 0 Å². The summed E-state index contributed by atoms with van der Waals surface area (Å²) in [7, 11) is 4.14. The zero-order chi connectivity index (χ0) is 21.6.